The number of benzene rings is 1. The van der Waals surface area contributed by atoms with Crippen LogP contribution in [0.15, 0.2) is 43.0 Å². The Kier molecular flexibility index (Phi) is 5.13. The van der Waals surface area contributed by atoms with Crippen LogP contribution in [-0.4, -0.2) is 63.0 Å². The fourth-order valence-electron chi connectivity index (χ4n) is 4.19. The predicted octanol–water partition coefficient (Wildman–Crippen LogP) is 2.70. The molecule has 0 N–H and O–H groups in total. The molecular formula is C22H24N6O2. The third-order valence-corrected chi connectivity index (χ3v) is 5.85. The largest absolute Gasteiger partial charge is 0.474 e. The average Bonchev–Trinajstić information content (AvgIpc) is 3.32. The molecule has 0 radical (unpaired) electrons. The van der Waals surface area contributed by atoms with Gasteiger partial charge >= 0.3 is 0 Å². The van der Waals surface area contributed by atoms with Crippen LogP contribution in [0.5, 0.6) is 5.88 Å². The summed E-state index contributed by atoms with van der Waals surface area (Å²) in [6, 6.07) is 7.91. The van der Waals surface area contributed by atoms with E-state index >= 15 is 0 Å². The minimum atomic E-state index is -0.116. The number of carbonyl (C=O) groups is 1. The van der Waals surface area contributed by atoms with Crippen molar-refractivity contribution < 1.29 is 9.53 Å². The van der Waals surface area contributed by atoms with Crippen molar-refractivity contribution in [2.75, 3.05) is 31.1 Å². The molecule has 1 saturated heterocycles. The molecule has 1 aromatic carbocycles. The first-order valence-corrected chi connectivity index (χ1v) is 10.5. The molecule has 0 bridgehead atoms. The van der Waals surface area contributed by atoms with Gasteiger partial charge in [-0.15, -0.1) is 0 Å². The van der Waals surface area contributed by atoms with Crippen LogP contribution in [0.2, 0.25) is 0 Å². The van der Waals surface area contributed by atoms with E-state index < -0.39 is 0 Å². The molecule has 0 unspecified atom stereocenters. The highest BCUT2D eigenvalue weighted by molar-refractivity contribution is 5.90. The Balaban J connectivity index is 1.31. The molecule has 0 spiro atoms. The molecule has 1 aliphatic heterocycles. The molecule has 1 saturated carbocycles. The van der Waals surface area contributed by atoms with Crippen LogP contribution in [0.4, 0.5) is 5.69 Å². The molecule has 8 nitrogen and oxygen atoms in total. The zero-order valence-electron chi connectivity index (χ0n) is 16.8. The Morgan fingerprint density at radius 2 is 1.73 bits per heavy atom. The Morgan fingerprint density at radius 1 is 0.967 bits per heavy atom. The van der Waals surface area contributed by atoms with E-state index in [0.29, 0.717) is 19.0 Å². The van der Waals surface area contributed by atoms with Crippen LogP contribution in [0, 0.1) is 0 Å². The van der Waals surface area contributed by atoms with Gasteiger partial charge in [0, 0.05) is 44.3 Å². The highest BCUT2D eigenvalue weighted by Gasteiger charge is 2.24. The van der Waals surface area contributed by atoms with Gasteiger partial charge in [0.1, 0.15) is 12.4 Å². The molecular weight excluding hydrogens is 380 g/mol. The van der Waals surface area contributed by atoms with Gasteiger partial charge in [-0.2, -0.15) is 0 Å². The summed E-state index contributed by atoms with van der Waals surface area (Å²) in [6.07, 6.45) is 9.63. The number of hydrogen-bond donors (Lipinski definition) is 0. The van der Waals surface area contributed by atoms with Gasteiger partial charge in [0.2, 0.25) is 11.7 Å². The molecule has 3 aromatic rings. The van der Waals surface area contributed by atoms with Crippen LogP contribution in [0.1, 0.15) is 36.3 Å². The Bertz CT molecular complexity index is 1030. The van der Waals surface area contributed by atoms with E-state index in [1.54, 1.807) is 24.8 Å². The van der Waals surface area contributed by atoms with E-state index in [0.717, 1.165) is 42.5 Å². The highest BCUT2D eigenvalue weighted by atomic mass is 16.5. The van der Waals surface area contributed by atoms with Crippen molar-refractivity contribution in [3.8, 4) is 5.88 Å². The van der Waals surface area contributed by atoms with Gasteiger partial charge in [-0.25, -0.2) is 19.9 Å². The van der Waals surface area contributed by atoms with Gasteiger partial charge in [-0.1, -0.05) is 0 Å². The van der Waals surface area contributed by atoms with E-state index in [1.165, 1.54) is 12.8 Å². The van der Waals surface area contributed by atoms with E-state index in [1.807, 2.05) is 11.0 Å². The number of carbonyl (C=O) groups excluding carboxylic acids is 1. The lowest BCUT2D eigenvalue weighted by molar-refractivity contribution is 0.0734. The number of amides is 1. The second kappa shape index (κ2) is 8.22. The quantitative estimate of drug-likeness (QED) is 0.661. The highest BCUT2D eigenvalue weighted by Crippen LogP contribution is 2.30. The lowest BCUT2D eigenvalue weighted by atomic mass is 10.1. The van der Waals surface area contributed by atoms with E-state index in [2.05, 4.69) is 37.0 Å². The van der Waals surface area contributed by atoms with Gasteiger partial charge in [0.15, 0.2) is 0 Å². The average molecular weight is 404 g/mol. The Labute approximate surface area is 174 Å². The lowest BCUT2D eigenvalue weighted by Crippen LogP contribution is -2.49. The third-order valence-electron chi connectivity index (χ3n) is 5.85. The first-order chi connectivity index (χ1) is 14.8. The smallest absolute Gasteiger partial charge is 0.291 e. The van der Waals surface area contributed by atoms with Gasteiger partial charge in [-0.05, 0) is 49.9 Å². The van der Waals surface area contributed by atoms with Crippen molar-refractivity contribution in [2.24, 2.45) is 0 Å². The van der Waals surface area contributed by atoms with Gasteiger partial charge in [0.25, 0.3) is 5.91 Å². The number of fused-ring (bicyclic) bond motifs is 1. The van der Waals surface area contributed by atoms with Crippen molar-refractivity contribution in [3.63, 3.8) is 0 Å². The zero-order chi connectivity index (χ0) is 20.3. The monoisotopic (exact) mass is 404 g/mol. The molecule has 5 rings (SSSR count). The SMILES string of the molecule is O=C(c1ncccn1)N1CCN(c2ccc3ncnc(OC4CCCC4)c3c2)CC1. The number of rotatable bonds is 4. The van der Waals surface area contributed by atoms with Crippen molar-refractivity contribution in [2.45, 2.75) is 31.8 Å². The summed E-state index contributed by atoms with van der Waals surface area (Å²) in [5, 5.41) is 0.943. The van der Waals surface area contributed by atoms with Crippen molar-refractivity contribution in [3.05, 3.63) is 48.8 Å². The number of aromatic nitrogens is 4. The molecule has 2 fully saturated rings. The first-order valence-electron chi connectivity index (χ1n) is 10.5. The van der Waals surface area contributed by atoms with Crippen LogP contribution in [-0.2, 0) is 0 Å². The number of hydrogen-bond acceptors (Lipinski definition) is 7. The van der Waals surface area contributed by atoms with Crippen molar-refractivity contribution in [1.82, 2.24) is 24.8 Å². The number of ether oxygens (including phenoxy) is 1. The van der Waals surface area contributed by atoms with Crippen LogP contribution >= 0.6 is 0 Å². The van der Waals surface area contributed by atoms with Crippen molar-refractivity contribution in [1.29, 1.82) is 0 Å². The fourth-order valence-corrected chi connectivity index (χ4v) is 4.19. The molecule has 2 aliphatic rings. The summed E-state index contributed by atoms with van der Waals surface area (Å²) in [5.74, 6) is 0.806. The van der Waals surface area contributed by atoms with Crippen molar-refractivity contribution >= 4 is 22.5 Å². The maximum Gasteiger partial charge on any atom is 0.291 e. The summed E-state index contributed by atoms with van der Waals surface area (Å²) in [7, 11) is 0. The van der Waals surface area contributed by atoms with Gasteiger partial charge in [-0.3, -0.25) is 4.79 Å². The molecule has 154 valence electrons. The minimum Gasteiger partial charge on any atom is -0.474 e. The summed E-state index contributed by atoms with van der Waals surface area (Å²) < 4.78 is 6.19. The van der Waals surface area contributed by atoms with Gasteiger partial charge < -0.3 is 14.5 Å². The van der Waals surface area contributed by atoms with Crippen LogP contribution in [0.25, 0.3) is 10.9 Å². The topological polar surface area (TPSA) is 84.3 Å². The molecule has 8 heteroatoms. The Morgan fingerprint density at radius 3 is 2.50 bits per heavy atom. The molecule has 30 heavy (non-hydrogen) atoms. The van der Waals surface area contributed by atoms with Crippen LogP contribution < -0.4 is 9.64 Å². The second-order valence-corrected chi connectivity index (χ2v) is 7.76. The molecule has 3 heterocycles. The molecule has 2 aromatic heterocycles. The summed E-state index contributed by atoms with van der Waals surface area (Å²) >= 11 is 0. The van der Waals surface area contributed by atoms with Crippen LogP contribution in [0.3, 0.4) is 0 Å². The zero-order valence-corrected chi connectivity index (χ0v) is 16.8. The molecule has 1 amide bonds. The lowest BCUT2D eigenvalue weighted by Gasteiger charge is -2.35. The molecule has 1 aliphatic carbocycles. The number of nitrogens with zero attached hydrogens (tertiary/aromatic N) is 6. The fraction of sp³-hybridized carbons (Fsp3) is 0.409. The van der Waals surface area contributed by atoms with E-state index in [4.69, 9.17) is 4.74 Å². The van der Waals surface area contributed by atoms with E-state index in [-0.39, 0.29) is 17.8 Å². The standard InChI is InChI=1S/C22H24N6O2/c29-22(20-23-8-3-9-24-20)28-12-10-27(11-13-28)16-6-7-19-18(14-16)21(26-15-25-19)30-17-4-1-2-5-17/h3,6-9,14-15,17H,1-2,4-5,10-13H2. The Hall–Kier alpha value is -3.29. The summed E-state index contributed by atoms with van der Waals surface area (Å²) in [4.78, 5) is 33.6. The number of anilines is 1. The second-order valence-electron chi connectivity index (χ2n) is 7.76. The maximum atomic E-state index is 12.6. The normalized spacial score (nSPS) is 17.5. The first kappa shape index (κ1) is 18.7. The predicted molar refractivity (Wildman–Crippen MR) is 113 cm³/mol. The maximum absolute atomic E-state index is 12.6. The van der Waals surface area contributed by atoms with E-state index in [9.17, 15) is 4.79 Å². The number of piperazine rings is 1. The van der Waals surface area contributed by atoms with Gasteiger partial charge in [0.05, 0.1) is 10.9 Å². The summed E-state index contributed by atoms with van der Waals surface area (Å²) in [5.41, 5.74) is 1.98. The third kappa shape index (κ3) is 3.77. The minimum absolute atomic E-state index is 0.116. The molecule has 0 atom stereocenters. The summed E-state index contributed by atoms with van der Waals surface area (Å²) in [6.45, 7) is 2.75.